The van der Waals surface area contributed by atoms with E-state index in [-0.39, 0.29) is 0 Å². The Morgan fingerprint density at radius 1 is 1.25 bits per heavy atom. The molecule has 2 heterocycles. The number of nitrogens with one attached hydrogen (secondary N) is 2. The summed E-state index contributed by atoms with van der Waals surface area (Å²) in [5.74, 6) is 1.46. The number of imidazole rings is 1. The molecule has 28 heavy (non-hydrogen) atoms. The van der Waals surface area contributed by atoms with Gasteiger partial charge in [0, 0.05) is 24.7 Å². The summed E-state index contributed by atoms with van der Waals surface area (Å²) >= 11 is 5.75. The van der Waals surface area contributed by atoms with E-state index in [1.807, 2.05) is 0 Å². The molecule has 1 saturated heterocycles. The van der Waals surface area contributed by atoms with Gasteiger partial charge in [0.05, 0.1) is 11.0 Å². The maximum Gasteiger partial charge on any atom is 0.173 e. The summed E-state index contributed by atoms with van der Waals surface area (Å²) in [6.45, 7) is 8.36. The minimum Gasteiger partial charge on any atom is -0.348 e. The number of aryl methyl sites for hydroxylation is 3. The molecule has 0 amide bonds. The van der Waals surface area contributed by atoms with Crippen molar-refractivity contribution < 1.29 is 0 Å². The summed E-state index contributed by atoms with van der Waals surface area (Å²) in [4.78, 5) is 10.7. The van der Waals surface area contributed by atoms with Crippen molar-refractivity contribution in [2.45, 2.75) is 46.0 Å². The molecule has 0 aliphatic carbocycles. The monoisotopic (exact) mass is 392 g/mol. The first-order valence-corrected chi connectivity index (χ1v) is 10.6. The Kier molecular flexibility index (Phi) is 5.36. The first-order chi connectivity index (χ1) is 13.5. The zero-order valence-electron chi connectivity index (χ0n) is 16.9. The standard InChI is InChI=1S/C23H28N4S/c1-4-17-8-5-6-10-19(17)26-23(28)27-11-7-9-18(14-27)22-24-20-12-15(2)16(3)13-21(20)25-22/h5-6,8,10,12-13,18H,4,7,9,11,14H2,1-3H3,(H,24,25)(H,26,28). The Balaban J connectivity index is 1.50. The van der Waals surface area contributed by atoms with E-state index in [9.17, 15) is 0 Å². The molecule has 0 radical (unpaired) electrons. The second-order valence-electron chi connectivity index (χ2n) is 7.80. The number of thiocarbonyl (C=S) groups is 1. The van der Waals surface area contributed by atoms with Gasteiger partial charge in [0.15, 0.2) is 5.11 Å². The molecule has 1 unspecified atom stereocenters. The van der Waals surface area contributed by atoms with E-state index in [4.69, 9.17) is 17.2 Å². The highest BCUT2D eigenvalue weighted by atomic mass is 32.1. The van der Waals surface area contributed by atoms with Crippen molar-refractivity contribution in [3.05, 3.63) is 58.9 Å². The van der Waals surface area contributed by atoms with Gasteiger partial charge in [-0.3, -0.25) is 0 Å². The lowest BCUT2D eigenvalue weighted by molar-refractivity contribution is 0.307. The van der Waals surface area contributed by atoms with Gasteiger partial charge in [0.1, 0.15) is 5.82 Å². The summed E-state index contributed by atoms with van der Waals surface area (Å²) < 4.78 is 0. The fraction of sp³-hybridized carbons (Fsp3) is 0.391. The van der Waals surface area contributed by atoms with Gasteiger partial charge in [0.25, 0.3) is 0 Å². The normalized spacial score (nSPS) is 17.1. The Morgan fingerprint density at radius 2 is 2.04 bits per heavy atom. The van der Waals surface area contributed by atoms with Gasteiger partial charge >= 0.3 is 0 Å². The third kappa shape index (κ3) is 3.76. The number of rotatable bonds is 3. The fourth-order valence-electron chi connectivity index (χ4n) is 4.01. The average Bonchev–Trinajstić information content (AvgIpc) is 3.11. The molecule has 5 heteroatoms. The number of hydrogen-bond donors (Lipinski definition) is 2. The Labute approximate surface area is 172 Å². The van der Waals surface area contributed by atoms with Crippen LogP contribution in [0.25, 0.3) is 11.0 Å². The van der Waals surface area contributed by atoms with Crippen LogP contribution in [0.4, 0.5) is 5.69 Å². The molecule has 0 spiro atoms. The topological polar surface area (TPSA) is 44.0 Å². The van der Waals surface area contributed by atoms with Crippen LogP contribution in [0.2, 0.25) is 0 Å². The lowest BCUT2D eigenvalue weighted by Gasteiger charge is -2.34. The second kappa shape index (κ2) is 7.92. The van der Waals surface area contributed by atoms with E-state index in [0.29, 0.717) is 5.92 Å². The van der Waals surface area contributed by atoms with Crippen molar-refractivity contribution in [3.8, 4) is 0 Å². The van der Waals surface area contributed by atoms with Crippen molar-refractivity contribution in [1.29, 1.82) is 0 Å². The SMILES string of the molecule is CCc1ccccc1NC(=S)N1CCCC(c2nc3cc(C)c(C)cc3[nH]2)C1. The molecular formula is C23H28N4S. The van der Waals surface area contributed by atoms with Crippen LogP contribution >= 0.6 is 12.2 Å². The molecular weight excluding hydrogens is 364 g/mol. The van der Waals surface area contributed by atoms with E-state index < -0.39 is 0 Å². The zero-order valence-corrected chi connectivity index (χ0v) is 17.7. The van der Waals surface area contributed by atoms with Crippen LogP contribution in [0.15, 0.2) is 36.4 Å². The van der Waals surface area contributed by atoms with Crippen LogP contribution in [0.5, 0.6) is 0 Å². The van der Waals surface area contributed by atoms with Crippen LogP contribution < -0.4 is 5.32 Å². The van der Waals surface area contributed by atoms with E-state index in [1.165, 1.54) is 16.7 Å². The van der Waals surface area contributed by atoms with E-state index in [1.54, 1.807) is 0 Å². The molecule has 4 rings (SSSR count). The molecule has 1 aromatic heterocycles. The third-order valence-electron chi connectivity index (χ3n) is 5.85. The van der Waals surface area contributed by atoms with Crippen molar-refractivity contribution >= 4 is 34.1 Å². The number of H-pyrrole nitrogens is 1. The predicted molar refractivity (Wildman–Crippen MR) is 121 cm³/mol. The number of benzene rings is 2. The summed E-state index contributed by atoms with van der Waals surface area (Å²) in [5.41, 5.74) is 7.19. The molecule has 146 valence electrons. The molecule has 0 bridgehead atoms. The van der Waals surface area contributed by atoms with Crippen LogP contribution in [0.1, 0.15) is 48.2 Å². The van der Waals surface area contributed by atoms with E-state index in [2.05, 4.69) is 72.4 Å². The second-order valence-corrected chi connectivity index (χ2v) is 8.19. The fourth-order valence-corrected chi connectivity index (χ4v) is 4.29. The molecule has 0 saturated carbocycles. The number of anilines is 1. The Morgan fingerprint density at radius 3 is 2.86 bits per heavy atom. The van der Waals surface area contributed by atoms with Gasteiger partial charge in [-0.2, -0.15) is 0 Å². The highest BCUT2D eigenvalue weighted by Gasteiger charge is 2.25. The minimum atomic E-state index is 0.378. The van der Waals surface area contributed by atoms with E-state index in [0.717, 1.165) is 60.0 Å². The predicted octanol–water partition coefficient (Wildman–Crippen LogP) is 5.32. The molecule has 1 atom stereocenters. The van der Waals surface area contributed by atoms with Crippen LogP contribution in [0.3, 0.4) is 0 Å². The average molecular weight is 393 g/mol. The summed E-state index contributed by atoms with van der Waals surface area (Å²) in [6, 6.07) is 12.8. The number of aromatic amines is 1. The number of hydrogen-bond acceptors (Lipinski definition) is 2. The number of fused-ring (bicyclic) bond motifs is 1. The Bertz CT molecular complexity index is 968. The van der Waals surface area contributed by atoms with Crippen molar-refractivity contribution in [1.82, 2.24) is 14.9 Å². The van der Waals surface area contributed by atoms with Gasteiger partial charge in [0.2, 0.25) is 0 Å². The maximum absolute atomic E-state index is 5.75. The zero-order chi connectivity index (χ0) is 19.7. The number of para-hydroxylation sites is 1. The molecule has 1 aliphatic heterocycles. The summed E-state index contributed by atoms with van der Waals surface area (Å²) in [5, 5.41) is 4.28. The number of aromatic nitrogens is 2. The molecule has 1 fully saturated rings. The van der Waals surface area contributed by atoms with Crippen molar-refractivity contribution in [2.75, 3.05) is 18.4 Å². The van der Waals surface area contributed by atoms with Gasteiger partial charge in [-0.1, -0.05) is 25.1 Å². The van der Waals surface area contributed by atoms with E-state index >= 15 is 0 Å². The van der Waals surface area contributed by atoms with Gasteiger partial charge in [-0.05, 0) is 80.2 Å². The quantitative estimate of drug-likeness (QED) is 0.592. The van der Waals surface area contributed by atoms with Gasteiger partial charge in [-0.25, -0.2) is 4.98 Å². The first kappa shape index (κ1) is 18.9. The smallest absolute Gasteiger partial charge is 0.173 e. The molecule has 2 aromatic carbocycles. The summed E-state index contributed by atoms with van der Waals surface area (Å²) in [7, 11) is 0. The lowest BCUT2D eigenvalue weighted by atomic mass is 9.98. The maximum atomic E-state index is 5.75. The number of nitrogens with zero attached hydrogens (tertiary/aromatic N) is 2. The highest BCUT2D eigenvalue weighted by molar-refractivity contribution is 7.80. The number of piperidine rings is 1. The van der Waals surface area contributed by atoms with Gasteiger partial charge < -0.3 is 15.2 Å². The molecule has 2 N–H and O–H groups in total. The lowest BCUT2D eigenvalue weighted by Crippen LogP contribution is -2.41. The van der Waals surface area contributed by atoms with Crippen LogP contribution in [0, 0.1) is 13.8 Å². The molecule has 1 aliphatic rings. The van der Waals surface area contributed by atoms with Crippen LogP contribution in [-0.2, 0) is 6.42 Å². The highest BCUT2D eigenvalue weighted by Crippen LogP contribution is 2.28. The molecule has 4 nitrogen and oxygen atoms in total. The third-order valence-corrected chi connectivity index (χ3v) is 6.21. The van der Waals surface area contributed by atoms with Crippen LogP contribution in [-0.4, -0.2) is 33.1 Å². The largest absolute Gasteiger partial charge is 0.348 e. The summed E-state index contributed by atoms with van der Waals surface area (Å²) in [6.07, 6.45) is 3.26. The Hall–Kier alpha value is -2.40. The van der Waals surface area contributed by atoms with Crippen molar-refractivity contribution in [2.24, 2.45) is 0 Å². The van der Waals surface area contributed by atoms with Gasteiger partial charge in [-0.15, -0.1) is 0 Å². The van der Waals surface area contributed by atoms with Crippen molar-refractivity contribution in [3.63, 3.8) is 0 Å². The molecule has 3 aromatic rings. The number of likely N-dealkylation sites (tertiary alicyclic amines) is 1. The first-order valence-electron chi connectivity index (χ1n) is 10.2. The minimum absolute atomic E-state index is 0.378.